The van der Waals surface area contributed by atoms with E-state index in [-0.39, 0.29) is 12.6 Å². The number of methoxy groups -OCH3 is 1. The summed E-state index contributed by atoms with van der Waals surface area (Å²) < 4.78 is 17.2. The van der Waals surface area contributed by atoms with Crippen molar-refractivity contribution in [3.63, 3.8) is 0 Å². The molecular weight excluding hydrogens is 425 g/mol. The van der Waals surface area contributed by atoms with Crippen molar-refractivity contribution < 1.29 is 23.8 Å². The molecule has 1 aromatic carbocycles. The van der Waals surface area contributed by atoms with Crippen LogP contribution in [-0.4, -0.2) is 48.4 Å². The molecule has 2 rings (SSSR count). The topological polar surface area (TPSA) is 65.1 Å². The summed E-state index contributed by atoms with van der Waals surface area (Å²) in [6.45, 7) is 5.64. The smallest absolute Gasteiger partial charge is 0.411 e. The third-order valence-electron chi connectivity index (χ3n) is 3.49. The molecule has 1 aromatic rings. The van der Waals surface area contributed by atoms with E-state index in [4.69, 9.17) is 14.2 Å². The highest BCUT2D eigenvalue weighted by Crippen LogP contribution is 2.28. The van der Waals surface area contributed by atoms with Crippen LogP contribution in [0.15, 0.2) is 24.3 Å². The Kier molecular flexibility index (Phi) is 5.95. The highest BCUT2D eigenvalue weighted by molar-refractivity contribution is 14.1. The Bertz CT molecular complexity index is 613. The normalized spacial score (nSPS) is 20.6. The third kappa shape index (κ3) is 4.75. The maximum Gasteiger partial charge on any atom is 0.411 e. The Morgan fingerprint density at radius 2 is 1.92 bits per heavy atom. The van der Waals surface area contributed by atoms with Crippen molar-refractivity contribution in [3.8, 4) is 5.75 Å². The lowest BCUT2D eigenvalue weighted by Gasteiger charge is -2.27. The molecule has 1 aliphatic rings. The van der Waals surface area contributed by atoms with Gasteiger partial charge in [0.1, 0.15) is 23.5 Å². The molecule has 0 radical (unpaired) electrons. The molecule has 2 atom stereocenters. The predicted molar refractivity (Wildman–Crippen MR) is 96.9 cm³/mol. The molecule has 2 unspecified atom stereocenters. The summed E-state index contributed by atoms with van der Waals surface area (Å²) in [4.78, 5) is 25.8. The van der Waals surface area contributed by atoms with Gasteiger partial charge in [-0.2, -0.15) is 0 Å². The second-order valence-corrected chi connectivity index (χ2v) is 7.74. The van der Waals surface area contributed by atoms with Crippen LogP contribution in [0.3, 0.4) is 0 Å². The van der Waals surface area contributed by atoms with Gasteiger partial charge in [0.05, 0.1) is 17.2 Å². The summed E-state index contributed by atoms with van der Waals surface area (Å²) in [5, 5.41) is 0. The van der Waals surface area contributed by atoms with Crippen molar-refractivity contribution in [1.82, 2.24) is 4.90 Å². The molecule has 1 heterocycles. The molecule has 0 bridgehead atoms. The number of rotatable bonds is 3. The minimum absolute atomic E-state index is 0.277. The van der Waals surface area contributed by atoms with E-state index in [1.54, 1.807) is 20.8 Å². The summed E-state index contributed by atoms with van der Waals surface area (Å²) in [5.41, 5.74) is -0.633. The van der Waals surface area contributed by atoms with Crippen molar-refractivity contribution in [2.75, 3.05) is 13.7 Å². The van der Waals surface area contributed by atoms with Gasteiger partial charge in [-0.05, 0) is 55.5 Å². The predicted octanol–water partition coefficient (Wildman–Crippen LogP) is 3.22. The Hall–Kier alpha value is -1.51. The number of amides is 1. The lowest BCUT2D eigenvalue weighted by Crippen LogP contribution is -2.44. The van der Waals surface area contributed by atoms with E-state index in [0.717, 1.165) is 9.32 Å². The summed E-state index contributed by atoms with van der Waals surface area (Å²) in [5.74, 6) is 0.271. The van der Waals surface area contributed by atoms with E-state index >= 15 is 0 Å². The number of likely N-dealkylation sites (tertiary alicyclic amines) is 1. The Balaban J connectivity index is 2.13. The van der Waals surface area contributed by atoms with Gasteiger partial charge < -0.3 is 14.2 Å². The van der Waals surface area contributed by atoms with Gasteiger partial charge in [0.15, 0.2) is 0 Å². The van der Waals surface area contributed by atoms with Crippen LogP contribution in [0.1, 0.15) is 27.2 Å². The zero-order valence-electron chi connectivity index (χ0n) is 14.2. The molecular formula is C17H22INO5. The van der Waals surface area contributed by atoms with Crippen LogP contribution in [0.2, 0.25) is 0 Å². The van der Waals surface area contributed by atoms with E-state index in [2.05, 4.69) is 22.6 Å². The third-order valence-corrected chi connectivity index (χ3v) is 4.39. The van der Waals surface area contributed by atoms with Crippen LogP contribution < -0.4 is 4.74 Å². The molecule has 1 fully saturated rings. The Morgan fingerprint density at radius 3 is 2.50 bits per heavy atom. The number of ether oxygens (including phenoxy) is 3. The van der Waals surface area contributed by atoms with Crippen molar-refractivity contribution in [1.29, 1.82) is 0 Å². The Morgan fingerprint density at radius 1 is 1.25 bits per heavy atom. The number of benzene rings is 1. The lowest BCUT2D eigenvalue weighted by atomic mass is 10.2. The molecule has 0 spiro atoms. The van der Waals surface area contributed by atoms with Gasteiger partial charge >= 0.3 is 12.1 Å². The van der Waals surface area contributed by atoms with E-state index in [1.807, 2.05) is 24.3 Å². The number of hydrogen-bond acceptors (Lipinski definition) is 5. The van der Waals surface area contributed by atoms with Gasteiger partial charge in [-0.15, -0.1) is 0 Å². The summed E-state index contributed by atoms with van der Waals surface area (Å²) >= 11 is 2.19. The minimum atomic E-state index is -0.698. The van der Waals surface area contributed by atoms with Crippen LogP contribution in [0.25, 0.3) is 0 Å². The highest BCUT2D eigenvalue weighted by atomic mass is 127. The van der Waals surface area contributed by atoms with E-state index in [0.29, 0.717) is 6.42 Å². The van der Waals surface area contributed by atoms with Crippen molar-refractivity contribution in [2.45, 2.75) is 44.9 Å². The van der Waals surface area contributed by atoms with Gasteiger partial charge in [-0.25, -0.2) is 9.59 Å². The average molecular weight is 447 g/mol. The molecule has 1 aliphatic heterocycles. The van der Waals surface area contributed by atoms with Gasteiger partial charge in [0, 0.05) is 6.42 Å². The van der Waals surface area contributed by atoms with Gasteiger partial charge in [-0.3, -0.25) is 4.90 Å². The largest absolute Gasteiger partial charge is 0.487 e. The van der Waals surface area contributed by atoms with Crippen LogP contribution >= 0.6 is 22.6 Å². The van der Waals surface area contributed by atoms with Crippen molar-refractivity contribution in [3.05, 3.63) is 27.8 Å². The summed E-state index contributed by atoms with van der Waals surface area (Å²) in [6, 6.07) is 6.92. The lowest BCUT2D eigenvalue weighted by molar-refractivity contribution is -0.145. The first-order chi connectivity index (χ1) is 11.2. The number of esters is 1. The maximum atomic E-state index is 12.4. The van der Waals surface area contributed by atoms with Crippen molar-refractivity contribution in [2.24, 2.45) is 0 Å². The molecule has 6 nitrogen and oxygen atoms in total. The number of para-hydroxylation sites is 1. The first kappa shape index (κ1) is 18.8. The second kappa shape index (κ2) is 7.58. The molecule has 0 saturated carbocycles. The van der Waals surface area contributed by atoms with E-state index in [9.17, 15) is 9.59 Å². The van der Waals surface area contributed by atoms with Gasteiger partial charge in [0.2, 0.25) is 0 Å². The number of halogens is 1. The molecule has 7 heteroatoms. The number of carbonyl (C=O) groups excluding carboxylic acids is 2. The fourth-order valence-electron chi connectivity index (χ4n) is 2.48. The van der Waals surface area contributed by atoms with Crippen molar-refractivity contribution >= 4 is 34.7 Å². The SMILES string of the molecule is COC(=O)C1CC(Oc2ccccc2I)CN1C(=O)OC(C)(C)C. The maximum absolute atomic E-state index is 12.4. The number of hydrogen-bond donors (Lipinski definition) is 0. The quantitative estimate of drug-likeness (QED) is 0.526. The van der Waals surface area contributed by atoms with Crippen LogP contribution in [-0.2, 0) is 14.3 Å². The monoisotopic (exact) mass is 447 g/mol. The van der Waals surface area contributed by atoms with E-state index in [1.165, 1.54) is 12.0 Å². The minimum Gasteiger partial charge on any atom is -0.487 e. The van der Waals surface area contributed by atoms with Gasteiger partial charge in [0.25, 0.3) is 0 Å². The zero-order valence-corrected chi connectivity index (χ0v) is 16.4. The molecule has 1 saturated heterocycles. The second-order valence-electron chi connectivity index (χ2n) is 6.58. The standard InChI is InChI=1S/C17H22INO5/c1-17(2,3)24-16(21)19-10-11(9-13(19)15(20)22-4)23-14-8-6-5-7-12(14)18/h5-8,11,13H,9-10H2,1-4H3. The van der Waals surface area contributed by atoms with Crippen LogP contribution in [0.4, 0.5) is 4.79 Å². The van der Waals surface area contributed by atoms with E-state index < -0.39 is 23.7 Å². The highest BCUT2D eigenvalue weighted by Gasteiger charge is 2.43. The molecule has 24 heavy (non-hydrogen) atoms. The number of nitrogens with zero attached hydrogens (tertiary/aromatic N) is 1. The fourth-order valence-corrected chi connectivity index (χ4v) is 3.00. The molecule has 1 amide bonds. The molecule has 0 aliphatic carbocycles. The van der Waals surface area contributed by atoms with Crippen LogP contribution in [0.5, 0.6) is 5.75 Å². The average Bonchev–Trinajstić information content (AvgIpc) is 2.91. The van der Waals surface area contributed by atoms with Gasteiger partial charge in [-0.1, -0.05) is 12.1 Å². The first-order valence-electron chi connectivity index (χ1n) is 7.70. The zero-order chi connectivity index (χ0) is 17.9. The summed E-state index contributed by atoms with van der Waals surface area (Å²) in [6.07, 6.45) is -0.457. The molecule has 132 valence electrons. The molecule has 0 aromatic heterocycles. The summed E-state index contributed by atoms with van der Waals surface area (Å²) in [7, 11) is 1.31. The molecule has 0 N–H and O–H groups in total. The number of carbonyl (C=O) groups is 2. The Labute approximate surface area is 155 Å². The van der Waals surface area contributed by atoms with Crippen LogP contribution in [0, 0.1) is 3.57 Å². The fraction of sp³-hybridized carbons (Fsp3) is 0.529. The first-order valence-corrected chi connectivity index (χ1v) is 8.78.